The molecule has 0 fully saturated rings. The molecule has 144 valence electrons. The van der Waals surface area contributed by atoms with E-state index in [-0.39, 0.29) is 24.1 Å². The molecule has 0 aliphatic carbocycles. The van der Waals surface area contributed by atoms with Gasteiger partial charge in [0.2, 0.25) is 5.91 Å². The molecule has 1 N–H and O–H groups in total. The fraction of sp³-hybridized carbons (Fsp3) is 0.143. The average molecular weight is 462 g/mol. The van der Waals surface area contributed by atoms with Crippen molar-refractivity contribution in [3.05, 3.63) is 75.4 Å². The lowest BCUT2D eigenvalue weighted by molar-refractivity contribution is -0.116. The molecule has 0 saturated heterocycles. The minimum Gasteiger partial charge on any atom is -0.451 e. The molecule has 28 heavy (non-hydrogen) atoms. The van der Waals surface area contributed by atoms with Gasteiger partial charge in [-0.05, 0) is 67.1 Å². The van der Waals surface area contributed by atoms with E-state index in [1.165, 1.54) is 4.90 Å². The van der Waals surface area contributed by atoms with Gasteiger partial charge in [0.05, 0.1) is 6.54 Å². The monoisotopic (exact) mass is 460 g/mol. The quantitative estimate of drug-likeness (QED) is 0.555. The maximum atomic E-state index is 12.6. The molecule has 3 rings (SSSR count). The van der Waals surface area contributed by atoms with Crippen molar-refractivity contribution in [3.8, 4) is 11.3 Å². The number of nitrogens with one attached hydrogen (secondary N) is 1. The number of carbonyl (C=O) groups excluding carboxylic acids is 2. The lowest BCUT2D eigenvalue weighted by Gasteiger charge is -2.16. The first-order valence-corrected chi connectivity index (χ1v) is 9.68. The first kappa shape index (κ1) is 20.2. The maximum absolute atomic E-state index is 12.6. The summed E-state index contributed by atoms with van der Waals surface area (Å²) in [7, 11) is 1.56. The minimum atomic E-state index is -0.372. The van der Waals surface area contributed by atoms with Crippen molar-refractivity contribution in [1.82, 2.24) is 4.90 Å². The second-order valence-corrected chi connectivity index (χ2v) is 7.69. The highest BCUT2D eigenvalue weighted by molar-refractivity contribution is 9.10. The van der Waals surface area contributed by atoms with E-state index in [0.29, 0.717) is 16.5 Å². The second kappa shape index (κ2) is 8.63. The van der Waals surface area contributed by atoms with Crippen LogP contribution in [0.3, 0.4) is 0 Å². The SMILES string of the molecule is Cc1cc(Br)ccc1NC(=O)CN(C)C(=O)c1ccc(-c2ccc(Cl)cc2)o1. The molecule has 7 heteroatoms. The van der Waals surface area contributed by atoms with Gasteiger partial charge in [0.25, 0.3) is 5.91 Å². The first-order chi connectivity index (χ1) is 13.3. The number of halogens is 2. The van der Waals surface area contributed by atoms with Crippen LogP contribution in [0.2, 0.25) is 5.02 Å². The number of furan rings is 1. The van der Waals surface area contributed by atoms with Gasteiger partial charge in [-0.25, -0.2) is 0 Å². The Labute approximate surface area is 176 Å². The molecule has 0 atom stereocenters. The minimum absolute atomic E-state index is 0.0919. The molecule has 0 bridgehead atoms. The summed E-state index contributed by atoms with van der Waals surface area (Å²) < 4.78 is 6.59. The zero-order valence-electron chi connectivity index (χ0n) is 15.3. The Morgan fingerprint density at radius 1 is 1.11 bits per heavy atom. The highest BCUT2D eigenvalue weighted by Gasteiger charge is 2.19. The second-order valence-electron chi connectivity index (χ2n) is 6.34. The van der Waals surface area contributed by atoms with Crippen LogP contribution in [-0.4, -0.2) is 30.3 Å². The molecule has 2 aromatic carbocycles. The normalized spacial score (nSPS) is 10.6. The fourth-order valence-electron chi connectivity index (χ4n) is 2.65. The molecule has 0 aliphatic heterocycles. The molecule has 0 unspecified atom stereocenters. The number of hydrogen-bond acceptors (Lipinski definition) is 3. The lowest BCUT2D eigenvalue weighted by Crippen LogP contribution is -2.34. The van der Waals surface area contributed by atoms with Crippen molar-refractivity contribution in [2.75, 3.05) is 18.9 Å². The number of benzene rings is 2. The van der Waals surface area contributed by atoms with Gasteiger partial charge in [0.1, 0.15) is 5.76 Å². The first-order valence-electron chi connectivity index (χ1n) is 8.51. The van der Waals surface area contributed by atoms with E-state index in [9.17, 15) is 9.59 Å². The molecule has 1 aromatic heterocycles. The van der Waals surface area contributed by atoms with Crippen molar-refractivity contribution in [2.24, 2.45) is 0 Å². The zero-order valence-corrected chi connectivity index (χ0v) is 17.7. The van der Waals surface area contributed by atoms with Crippen LogP contribution >= 0.6 is 27.5 Å². The van der Waals surface area contributed by atoms with Crippen LogP contribution < -0.4 is 5.32 Å². The summed E-state index contributed by atoms with van der Waals surface area (Å²) in [5.41, 5.74) is 2.45. The van der Waals surface area contributed by atoms with E-state index in [4.69, 9.17) is 16.0 Å². The van der Waals surface area contributed by atoms with Crippen molar-refractivity contribution >= 4 is 45.0 Å². The van der Waals surface area contributed by atoms with Crippen LogP contribution in [0.15, 0.2) is 63.5 Å². The Hall–Kier alpha value is -2.57. The van der Waals surface area contributed by atoms with E-state index in [2.05, 4.69) is 21.2 Å². The van der Waals surface area contributed by atoms with E-state index >= 15 is 0 Å². The van der Waals surface area contributed by atoms with Gasteiger partial charge in [0.15, 0.2) is 5.76 Å². The van der Waals surface area contributed by atoms with E-state index < -0.39 is 0 Å². The summed E-state index contributed by atoms with van der Waals surface area (Å²) in [5.74, 6) is 0.0667. The smallest absolute Gasteiger partial charge is 0.289 e. The summed E-state index contributed by atoms with van der Waals surface area (Å²) in [6.45, 7) is 1.81. The van der Waals surface area contributed by atoms with Gasteiger partial charge in [-0.1, -0.05) is 27.5 Å². The number of nitrogens with zero attached hydrogens (tertiary/aromatic N) is 1. The van der Waals surface area contributed by atoms with Crippen LogP contribution in [0.4, 0.5) is 5.69 Å². The number of anilines is 1. The summed E-state index contributed by atoms with van der Waals surface area (Å²) in [4.78, 5) is 26.2. The van der Waals surface area contributed by atoms with E-state index in [0.717, 1.165) is 15.6 Å². The number of amides is 2. The Bertz CT molecular complexity index is 1010. The molecule has 3 aromatic rings. The summed E-state index contributed by atoms with van der Waals surface area (Å²) in [5, 5.41) is 3.44. The van der Waals surface area contributed by atoms with Crippen LogP contribution in [0, 0.1) is 6.92 Å². The van der Waals surface area contributed by atoms with Crippen molar-refractivity contribution in [2.45, 2.75) is 6.92 Å². The predicted octanol–water partition coefficient (Wildman–Crippen LogP) is 5.38. The van der Waals surface area contributed by atoms with Gasteiger partial charge in [0, 0.05) is 27.8 Å². The molecular weight excluding hydrogens is 444 g/mol. The Morgan fingerprint density at radius 3 is 2.50 bits per heavy atom. The average Bonchev–Trinajstić information content (AvgIpc) is 3.14. The topological polar surface area (TPSA) is 62.6 Å². The maximum Gasteiger partial charge on any atom is 0.289 e. The third kappa shape index (κ3) is 4.82. The van der Waals surface area contributed by atoms with Crippen LogP contribution in [0.25, 0.3) is 11.3 Å². The molecule has 1 heterocycles. The number of aryl methyl sites for hydroxylation is 1. The van der Waals surface area contributed by atoms with Gasteiger partial charge in [-0.15, -0.1) is 0 Å². The van der Waals surface area contributed by atoms with Crippen LogP contribution in [-0.2, 0) is 4.79 Å². The lowest BCUT2D eigenvalue weighted by atomic mass is 10.2. The van der Waals surface area contributed by atoms with Crippen molar-refractivity contribution in [1.29, 1.82) is 0 Å². The van der Waals surface area contributed by atoms with Crippen LogP contribution in [0.1, 0.15) is 16.1 Å². The van der Waals surface area contributed by atoms with Gasteiger partial charge < -0.3 is 14.6 Å². The van der Waals surface area contributed by atoms with E-state index in [1.807, 2.05) is 37.3 Å². The number of hydrogen-bond donors (Lipinski definition) is 1. The van der Waals surface area contributed by atoms with Gasteiger partial charge in [-0.3, -0.25) is 9.59 Å². The third-order valence-electron chi connectivity index (χ3n) is 4.14. The van der Waals surface area contributed by atoms with Gasteiger partial charge in [-0.2, -0.15) is 0 Å². The molecule has 0 spiro atoms. The summed E-state index contributed by atoms with van der Waals surface area (Å²) >= 11 is 9.28. The standard InChI is InChI=1S/C21H18BrClN2O3/c1-13-11-15(22)5-8-17(13)24-20(26)12-25(2)21(27)19-10-9-18(28-19)14-3-6-16(23)7-4-14/h3-11H,12H2,1-2H3,(H,24,26). The molecular formula is C21H18BrClN2O3. The fourth-order valence-corrected chi connectivity index (χ4v) is 3.26. The Kier molecular flexibility index (Phi) is 6.21. The van der Waals surface area contributed by atoms with Gasteiger partial charge >= 0.3 is 0 Å². The summed E-state index contributed by atoms with van der Waals surface area (Å²) in [6, 6.07) is 16.0. The van der Waals surface area contributed by atoms with Crippen molar-refractivity contribution < 1.29 is 14.0 Å². The molecule has 2 amide bonds. The van der Waals surface area contributed by atoms with Crippen molar-refractivity contribution in [3.63, 3.8) is 0 Å². The zero-order chi connectivity index (χ0) is 20.3. The largest absolute Gasteiger partial charge is 0.451 e. The number of carbonyl (C=O) groups is 2. The molecule has 0 radical (unpaired) electrons. The number of likely N-dealkylation sites (N-methyl/N-ethyl adjacent to an activating group) is 1. The summed E-state index contributed by atoms with van der Waals surface area (Å²) in [6.07, 6.45) is 0. The third-order valence-corrected chi connectivity index (χ3v) is 4.88. The molecule has 0 aliphatic rings. The highest BCUT2D eigenvalue weighted by atomic mass is 79.9. The van der Waals surface area contributed by atoms with E-state index in [1.54, 1.807) is 31.3 Å². The predicted molar refractivity (Wildman–Crippen MR) is 114 cm³/mol. The Balaban J connectivity index is 1.64. The Morgan fingerprint density at radius 2 is 1.82 bits per heavy atom. The van der Waals surface area contributed by atoms with Crippen LogP contribution in [0.5, 0.6) is 0 Å². The highest BCUT2D eigenvalue weighted by Crippen LogP contribution is 2.24. The molecule has 5 nitrogen and oxygen atoms in total. The number of rotatable bonds is 5. The molecule has 0 saturated carbocycles.